The molecule has 1 aromatic rings. The Morgan fingerprint density at radius 1 is 1.39 bits per heavy atom. The topological polar surface area (TPSA) is 55.9 Å². The summed E-state index contributed by atoms with van der Waals surface area (Å²) in [6, 6.07) is 0. The smallest absolute Gasteiger partial charge is 0.147 e. The summed E-state index contributed by atoms with van der Waals surface area (Å²) >= 11 is 0. The third-order valence-corrected chi connectivity index (χ3v) is 4.15. The van der Waals surface area contributed by atoms with Crippen molar-refractivity contribution in [3.05, 3.63) is 5.69 Å². The molecular formula is C14H26N4. The van der Waals surface area contributed by atoms with Gasteiger partial charge in [-0.15, -0.1) is 0 Å². The highest BCUT2D eigenvalue weighted by atomic mass is 15.3. The predicted molar refractivity (Wildman–Crippen MR) is 76.8 cm³/mol. The molecule has 1 aromatic heterocycles. The molecule has 0 bridgehead atoms. The molecular weight excluding hydrogens is 224 g/mol. The van der Waals surface area contributed by atoms with Gasteiger partial charge < -0.3 is 11.1 Å². The van der Waals surface area contributed by atoms with Crippen molar-refractivity contribution in [1.29, 1.82) is 0 Å². The van der Waals surface area contributed by atoms with E-state index in [-0.39, 0.29) is 0 Å². The molecule has 0 spiro atoms. The van der Waals surface area contributed by atoms with E-state index >= 15 is 0 Å². The summed E-state index contributed by atoms with van der Waals surface area (Å²) in [5.41, 5.74) is 8.42. The summed E-state index contributed by atoms with van der Waals surface area (Å²) in [7, 11) is 1.96. The Morgan fingerprint density at radius 3 is 2.50 bits per heavy atom. The molecule has 18 heavy (non-hydrogen) atoms. The number of nitrogens with two attached hydrogens (primary N) is 1. The molecule has 0 atom stereocenters. The summed E-state index contributed by atoms with van der Waals surface area (Å²) in [5.74, 6) is 1.35. The van der Waals surface area contributed by atoms with Crippen molar-refractivity contribution < 1.29 is 0 Å². The van der Waals surface area contributed by atoms with Crippen molar-refractivity contribution in [2.24, 2.45) is 12.5 Å². The van der Waals surface area contributed by atoms with Gasteiger partial charge in [0.2, 0.25) is 0 Å². The number of nitrogen functional groups attached to an aromatic ring is 1. The first kappa shape index (κ1) is 13.2. The van der Waals surface area contributed by atoms with Crippen molar-refractivity contribution in [3.8, 4) is 0 Å². The minimum absolute atomic E-state index is 0.369. The summed E-state index contributed by atoms with van der Waals surface area (Å²) in [6.07, 6.45) is 5.34. The maximum absolute atomic E-state index is 6.19. The average Bonchev–Trinajstić information content (AvgIpc) is 2.83. The molecule has 0 aromatic carbocycles. The molecule has 3 N–H and O–H groups in total. The van der Waals surface area contributed by atoms with Crippen molar-refractivity contribution >= 4 is 11.5 Å². The Balaban J connectivity index is 2.09. The Labute approximate surface area is 110 Å². The lowest BCUT2D eigenvalue weighted by molar-refractivity contribution is 0.361. The van der Waals surface area contributed by atoms with Crippen LogP contribution in [0.1, 0.15) is 58.1 Å². The third-order valence-electron chi connectivity index (χ3n) is 4.15. The van der Waals surface area contributed by atoms with Gasteiger partial charge in [0.05, 0.1) is 11.4 Å². The molecule has 2 rings (SSSR count). The maximum atomic E-state index is 6.19. The second-order valence-corrected chi connectivity index (χ2v) is 6.30. The quantitative estimate of drug-likeness (QED) is 0.863. The Bertz CT molecular complexity index is 414. The summed E-state index contributed by atoms with van der Waals surface area (Å²) in [6.45, 7) is 7.61. The van der Waals surface area contributed by atoms with Crippen LogP contribution in [0.15, 0.2) is 0 Å². The average molecular weight is 250 g/mol. The number of hydrogen-bond donors (Lipinski definition) is 2. The molecule has 1 aliphatic rings. The Kier molecular flexibility index (Phi) is 3.55. The number of rotatable bonds is 4. The van der Waals surface area contributed by atoms with Crippen LogP contribution in [0.25, 0.3) is 0 Å². The van der Waals surface area contributed by atoms with Crippen LogP contribution in [0, 0.1) is 5.41 Å². The lowest BCUT2D eigenvalue weighted by Gasteiger charge is -2.24. The van der Waals surface area contributed by atoms with Gasteiger partial charge in [0, 0.05) is 13.6 Å². The van der Waals surface area contributed by atoms with E-state index in [0.29, 0.717) is 11.3 Å². The molecule has 0 radical (unpaired) electrons. The first-order valence-corrected chi connectivity index (χ1v) is 6.99. The third kappa shape index (κ3) is 2.47. The number of nitrogens with zero attached hydrogens (tertiary/aromatic N) is 2. The zero-order valence-corrected chi connectivity index (χ0v) is 12.1. The molecule has 0 unspecified atom stereocenters. The van der Waals surface area contributed by atoms with Crippen molar-refractivity contribution in [2.75, 3.05) is 17.6 Å². The van der Waals surface area contributed by atoms with E-state index in [0.717, 1.165) is 23.7 Å². The van der Waals surface area contributed by atoms with Gasteiger partial charge in [0.25, 0.3) is 0 Å². The fourth-order valence-corrected chi connectivity index (χ4v) is 2.90. The Hall–Kier alpha value is -1.19. The zero-order valence-electron chi connectivity index (χ0n) is 12.1. The molecule has 4 nitrogen and oxygen atoms in total. The highest BCUT2D eigenvalue weighted by Gasteiger charge is 2.29. The normalized spacial score (nSPS) is 18.5. The number of hydrogen-bond acceptors (Lipinski definition) is 3. The first-order valence-electron chi connectivity index (χ1n) is 6.99. The van der Waals surface area contributed by atoms with Gasteiger partial charge >= 0.3 is 0 Å². The van der Waals surface area contributed by atoms with Crippen molar-refractivity contribution in [2.45, 2.75) is 52.4 Å². The molecule has 4 heteroatoms. The highest BCUT2D eigenvalue weighted by molar-refractivity contribution is 5.65. The van der Waals surface area contributed by atoms with Gasteiger partial charge in [-0.3, -0.25) is 4.68 Å². The minimum atomic E-state index is 0.369. The molecule has 0 saturated heterocycles. The van der Waals surface area contributed by atoms with E-state index in [1.54, 1.807) is 0 Å². The monoisotopic (exact) mass is 250 g/mol. The molecule has 0 aliphatic heterocycles. The van der Waals surface area contributed by atoms with Crippen LogP contribution in [0.3, 0.4) is 0 Å². The number of anilines is 2. The second kappa shape index (κ2) is 4.82. The predicted octanol–water partition coefficient (Wildman–Crippen LogP) is 3.12. The van der Waals surface area contributed by atoms with Crippen molar-refractivity contribution in [3.63, 3.8) is 0 Å². The molecule has 1 saturated carbocycles. The van der Waals surface area contributed by atoms with Crippen LogP contribution in [-0.4, -0.2) is 16.3 Å². The van der Waals surface area contributed by atoms with Crippen molar-refractivity contribution in [1.82, 2.24) is 9.78 Å². The van der Waals surface area contributed by atoms with Crippen LogP contribution in [0.2, 0.25) is 0 Å². The Morgan fingerprint density at radius 2 is 2.00 bits per heavy atom. The lowest BCUT2D eigenvalue weighted by atomic mass is 9.89. The minimum Gasteiger partial charge on any atom is -0.394 e. The van der Waals surface area contributed by atoms with Gasteiger partial charge in [-0.1, -0.05) is 33.6 Å². The first-order chi connectivity index (χ1) is 8.43. The number of aromatic nitrogens is 2. The standard InChI is InChI=1S/C14H26N4/c1-10(2)12-11(15)13(18(4)17-12)16-9-14(3)7-5-6-8-14/h10,16H,5-9,15H2,1-4H3. The van der Waals surface area contributed by atoms with E-state index in [2.05, 4.69) is 31.2 Å². The summed E-state index contributed by atoms with van der Waals surface area (Å²) in [4.78, 5) is 0. The van der Waals surface area contributed by atoms with E-state index < -0.39 is 0 Å². The fourth-order valence-electron chi connectivity index (χ4n) is 2.90. The molecule has 0 amide bonds. The number of nitrogens with one attached hydrogen (secondary N) is 1. The lowest BCUT2D eigenvalue weighted by Crippen LogP contribution is -2.24. The largest absolute Gasteiger partial charge is 0.394 e. The van der Waals surface area contributed by atoms with E-state index in [4.69, 9.17) is 5.73 Å². The molecule has 1 heterocycles. The molecule has 1 fully saturated rings. The van der Waals surface area contributed by atoms with Crippen LogP contribution < -0.4 is 11.1 Å². The van der Waals surface area contributed by atoms with E-state index in [1.165, 1.54) is 25.7 Å². The highest BCUT2D eigenvalue weighted by Crippen LogP contribution is 2.38. The van der Waals surface area contributed by atoms with Crippen LogP contribution in [-0.2, 0) is 7.05 Å². The summed E-state index contributed by atoms with van der Waals surface area (Å²) < 4.78 is 1.88. The fraction of sp³-hybridized carbons (Fsp3) is 0.786. The SMILES string of the molecule is CC(C)c1nn(C)c(NCC2(C)CCCC2)c1N. The van der Waals surface area contributed by atoms with Gasteiger partial charge in [0.1, 0.15) is 5.82 Å². The van der Waals surface area contributed by atoms with E-state index in [9.17, 15) is 0 Å². The van der Waals surface area contributed by atoms with Gasteiger partial charge in [0.15, 0.2) is 0 Å². The second-order valence-electron chi connectivity index (χ2n) is 6.30. The van der Waals surface area contributed by atoms with Gasteiger partial charge in [-0.05, 0) is 24.2 Å². The van der Waals surface area contributed by atoms with Crippen LogP contribution in [0.4, 0.5) is 11.5 Å². The number of aryl methyl sites for hydroxylation is 1. The van der Waals surface area contributed by atoms with E-state index in [1.807, 2.05) is 11.7 Å². The molecule has 1 aliphatic carbocycles. The van der Waals surface area contributed by atoms with Crippen LogP contribution in [0.5, 0.6) is 0 Å². The summed E-state index contributed by atoms with van der Waals surface area (Å²) in [5, 5.41) is 8.02. The zero-order chi connectivity index (χ0) is 13.3. The maximum Gasteiger partial charge on any atom is 0.147 e. The van der Waals surface area contributed by atoms with Crippen LogP contribution >= 0.6 is 0 Å². The van der Waals surface area contributed by atoms with Gasteiger partial charge in [-0.2, -0.15) is 5.10 Å². The van der Waals surface area contributed by atoms with Gasteiger partial charge in [-0.25, -0.2) is 0 Å². The molecule has 102 valence electrons.